The number of hydrogen-bond acceptors (Lipinski definition) is 4. The lowest BCUT2D eigenvalue weighted by molar-refractivity contribution is 0.0939. The van der Waals surface area contributed by atoms with Crippen LogP contribution in [0.2, 0.25) is 0 Å². The number of imidazole rings is 1. The summed E-state index contributed by atoms with van der Waals surface area (Å²) in [6, 6.07) is 18.3. The van der Waals surface area contributed by atoms with Gasteiger partial charge in [-0.2, -0.15) is 0 Å². The van der Waals surface area contributed by atoms with Crippen molar-refractivity contribution < 1.29 is 9.18 Å². The number of thioether (sulfide) groups is 1. The normalized spacial score (nSPS) is 12.1. The number of amides is 1. The van der Waals surface area contributed by atoms with Crippen LogP contribution in [0.25, 0.3) is 11.2 Å². The minimum atomic E-state index is -0.243. The summed E-state index contributed by atoms with van der Waals surface area (Å²) in [5.41, 5.74) is 3.83. The molecule has 0 radical (unpaired) electrons. The fraction of sp³-hybridized carbons (Fsp3) is 0.240. The summed E-state index contributed by atoms with van der Waals surface area (Å²) >= 11 is 1.57. The first-order valence-electron chi connectivity index (χ1n) is 10.6. The molecule has 5 nitrogen and oxygen atoms in total. The largest absolute Gasteiger partial charge is 0.350 e. The summed E-state index contributed by atoms with van der Waals surface area (Å²) in [7, 11) is 0. The van der Waals surface area contributed by atoms with Crippen LogP contribution in [0, 0.1) is 5.82 Å². The van der Waals surface area contributed by atoms with Crippen molar-refractivity contribution in [1.82, 2.24) is 19.9 Å². The van der Waals surface area contributed by atoms with E-state index in [4.69, 9.17) is 4.98 Å². The Morgan fingerprint density at radius 2 is 1.91 bits per heavy atom. The number of pyridine rings is 1. The van der Waals surface area contributed by atoms with Gasteiger partial charge in [-0.25, -0.2) is 14.4 Å². The maximum Gasteiger partial charge on any atom is 0.251 e. The van der Waals surface area contributed by atoms with Gasteiger partial charge in [0.25, 0.3) is 5.91 Å². The van der Waals surface area contributed by atoms with Gasteiger partial charge >= 0.3 is 0 Å². The molecular formula is C25H25FN4OS. The number of halogens is 1. The van der Waals surface area contributed by atoms with Crippen LogP contribution in [0.5, 0.6) is 0 Å². The van der Waals surface area contributed by atoms with Crippen molar-refractivity contribution in [2.75, 3.05) is 0 Å². The molecule has 0 spiro atoms. The predicted molar refractivity (Wildman–Crippen MR) is 126 cm³/mol. The zero-order chi connectivity index (χ0) is 22.5. The van der Waals surface area contributed by atoms with Crippen LogP contribution in [0.4, 0.5) is 4.39 Å². The van der Waals surface area contributed by atoms with Crippen molar-refractivity contribution >= 4 is 28.8 Å². The van der Waals surface area contributed by atoms with Crippen LogP contribution in [-0.4, -0.2) is 26.5 Å². The lowest BCUT2D eigenvalue weighted by Crippen LogP contribution is -2.31. The van der Waals surface area contributed by atoms with Gasteiger partial charge in [-0.15, -0.1) is 0 Å². The highest BCUT2D eigenvalue weighted by Crippen LogP contribution is 2.27. The van der Waals surface area contributed by atoms with Crippen molar-refractivity contribution in [2.24, 2.45) is 0 Å². The first-order valence-corrected chi connectivity index (χ1v) is 11.6. The molecule has 7 heteroatoms. The van der Waals surface area contributed by atoms with Gasteiger partial charge in [0.1, 0.15) is 11.3 Å². The molecule has 2 aromatic carbocycles. The average molecular weight is 449 g/mol. The Balaban J connectivity index is 1.52. The Morgan fingerprint density at radius 3 is 2.66 bits per heavy atom. The van der Waals surface area contributed by atoms with Gasteiger partial charge in [0.2, 0.25) is 0 Å². The number of fused-ring (bicyclic) bond motifs is 1. The molecule has 2 heterocycles. The summed E-state index contributed by atoms with van der Waals surface area (Å²) in [5, 5.41) is 3.76. The molecule has 2 aromatic heterocycles. The van der Waals surface area contributed by atoms with E-state index in [9.17, 15) is 9.18 Å². The molecule has 164 valence electrons. The molecule has 0 aliphatic heterocycles. The predicted octanol–water partition coefficient (Wildman–Crippen LogP) is 5.44. The van der Waals surface area contributed by atoms with Crippen LogP contribution in [0.3, 0.4) is 0 Å². The van der Waals surface area contributed by atoms with Gasteiger partial charge < -0.3 is 5.32 Å². The van der Waals surface area contributed by atoms with E-state index in [2.05, 4.69) is 10.3 Å². The third-order valence-corrected chi connectivity index (χ3v) is 6.38. The summed E-state index contributed by atoms with van der Waals surface area (Å²) in [6.45, 7) is 4.39. The van der Waals surface area contributed by atoms with Crippen LogP contribution >= 0.6 is 11.8 Å². The monoisotopic (exact) mass is 448 g/mol. The van der Waals surface area contributed by atoms with Gasteiger partial charge in [-0.3, -0.25) is 9.36 Å². The second-order valence-electron chi connectivity index (χ2n) is 7.69. The number of carbonyl (C=O) groups is 1. The van der Waals surface area contributed by atoms with E-state index in [0.29, 0.717) is 23.4 Å². The highest BCUT2D eigenvalue weighted by molar-refractivity contribution is 7.98. The summed E-state index contributed by atoms with van der Waals surface area (Å²) in [4.78, 5) is 21.5. The number of carbonyl (C=O) groups excluding carboxylic acids is 1. The van der Waals surface area contributed by atoms with E-state index in [0.717, 1.165) is 28.3 Å². The van der Waals surface area contributed by atoms with Crippen LogP contribution in [0.1, 0.15) is 41.8 Å². The van der Waals surface area contributed by atoms with Gasteiger partial charge in [-0.05, 0) is 49.2 Å². The Hall–Kier alpha value is -3.19. The Kier molecular flexibility index (Phi) is 6.85. The van der Waals surface area contributed by atoms with E-state index >= 15 is 0 Å². The third-order valence-electron chi connectivity index (χ3n) is 5.33. The molecule has 1 atom stereocenters. The summed E-state index contributed by atoms with van der Waals surface area (Å²) in [5.74, 6) is 0.372. The molecule has 1 N–H and O–H groups in total. The van der Waals surface area contributed by atoms with Gasteiger partial charge in [0, 0.05) is 29.1 Å². The van der Waals surface area contributed by atoms with E-state index in [-0.39, 0.29) is 17.8 Å². The molecule has 32 heavy (non-hydrogen) atoms. The van der Waals surface area contributed by atoms with Crippen LogP contribution < -0.4 is 5.32 Å². The average Bonchev–Trinajstić information content (AvgIpc) is 3.16. The molecule has 0 fully saturated rings. The van der Waals surface area contributed by atoms with Gasteiger partial charge in [0.05, 0.1) is 6.54 Å². The lowest BCUT2D eigenvalue weighted by atomic mass is 10.1. The standard InChI is InChI=1S/C25H25FN4OS/c1-3-17(2)28-24(31)19-12-10-18(11-13-19)16-32-25-29-22-9-6-14-27-23(22)30(25)15-20-7-4-5-8-21(20)26/h4-14,17H,3,15-16H2,1-2H3,(H,28,31). The molecule has 0 saturated carbocycles. The number of nitrogens with one attached hydrogen (secondary N) is 1. The van der Waals surface area contributed by atoms with Crippen molar-refractivity contribution in [3.63, 3.8) is 0 Å². The SMILES string of the molecule is CCC(C)NC(=O)c1ccc(CSc2nc3cccnc3n2Cc2ccccc2F)cc1. The fourth-order valence-electron chi connectivity index (χ4n) is 3.30. The van der Waals surface area contributed by atoms with Crippen LogP contribution in [0.15, 0.2) is 72.0 Å². The third kappa shape index (κ3) is 4.99. The van der Waals surface area contributed by atoms with Gasteiger partial charge in [-0.1, -0.05) is 49.0 Å². The second kappa shape index (κ2) is 9.96. The Bertz CT molecular complexity index is 1220. The molecular weight excluding hydrogens is 423 g/mol. The van der Waals surface area contributed by atoms with Crippen molar-refractivity contribution in [1.29, 1.82) is 0 Å². The van der Waals surface area contributed by atoms with Crippen molar-refractivity contribution in [2.45, 2.75) is 43.8 Å². The highest BCUT2D eigenvalue weighted by Gasteiger charge is 2.15. The number of nitrogens with zero attached hydrogens (tertiary/aromatic N) is 3. The first kappa shape index (κ1) is 22.0. The van der Waals surface area contributed by atoms with Crippen molar-refractivity contribution in [3.05, 3.63) is 89.4 Å². The Labute approximate surface area is 191 Å². The van der Waals surface area contributed by atoms with E-state index in [1.54, 1.807) is 30.1 Å². The number of hydrogen-bond donors (Lipinski definition) is 1. The highest BCUT2D eigenvalue weighted by atomic mass is 32.2. The molecule has 0 saturated heterocycles. The quantitative estimate of drug-likeness (QED) is 0.365. The first-order chi connectivity index (χ1) is 15.5. The topological polar surface area (TPSA) is 59.8 Å². The minimum absolute atomic E-state index is 0.0590. The molecule has 4 rings (SSSR count). The molecule has 4 aromatic rings. The Morgan fingerprint density at radius 1 is 1.12 bits per heavy atom. The molecule has 0 aliphatic carbocycles. The molecule has 0 bridgehead atoms. The zero-order valence-electron chi connectivity index (χ0n) is 18.1. The van der Waals surface area contributed by atoms with Gasteiger partial charge in [0.15, 0.2) is 10.8 Å². The molecule has 1 unspecified atom stereocenters. The van der Waals surface area contributed by atoms with E-state index in [1.165, 1.54) is 6.07 Å². The fourth-order valence-corrected chi connectivity index (χ4v) is 4.25. The van der Waals surface area contributed by atoms with Crippen molar-refractivity contribution in [3.8, 4) is 0 Å². The maximum absolute atomic E-state index is 14.3. The number of aromatic nitrogens is 3. The number of rotatable bonds is 8. The number of benzene rings is 2. The lowest BCUT2D eigenvalue weighted by Gasteiger charge is -2.12. The summed E-state index contributed by atoms with van der Waals surface area (Å²) < 4.78 is 16.2. The molecule has 0 aliphatic rings. The smallest absolute Gasteiger partial charge is 0.251 e. The zero-order valence-corrected chi connectivity index (χ0v) is 18.9. The molecule has 1 amide bonds. The van der Waals surface area contributed by atoms with Crippen LogP contribution in [-0.2, 0) is 12.3 Å². The second-order valence-corrected chi connectivity index (χ2v) is 8.63. The summed E-state index contributed by atoms with van der Waals surface area (Å²) in [6.07, 6.45) is 2.61. The maximum atomic E-state index is 14.3. The van der Waals surface area contributed by atoms with E-state index < -0.39 is 0 Å². The minimum Gasteiger partial charge on any atom is -0.350 e. The van der Waals surface area contributed by atoms with E-state index in [1.807, 2.05) is 60.9 Å².